The number of hydrogen-bond acceptors (Lipinski definition) is 4. The van der Waals surface area contributed by atoms with Crippen LogP contribution in [0, 0.1) is 0 Å². The number of carbonyl (C=O) groups excluding carboxylic acids is 2. The Hall–Kier alpha value is -3.77. The van der Waals surface area contributed by atoms with Crippen LogP contribution >= 0.6 is 11.6 Å². The molecule has 3 aromatic carbocycles. The van der Waals surface area contributed by atoms with Crippen LogP contribution in [-0.4, -0.2) is 18.9 Å². The molecule has 0 atom stereocenters. The number of hydrogen-bond donors (Lipinski definition) is 2. The van der Waals surface area contributed by atoms with Gasteiger partial charge in [-0.1, -0.05) is 48.0 Å². The highest BCUT2D eigenvalue weighted by molar-refractivity contribution is 6.34. The van der Waals surface area contributed by atoms with Crippen molar-refractivity contribution in [1.82, 2.24) is 0 Å². The van der Waals surface area contributed by atoms with Crippen LogP contribution in [0.4, 0.5) is 11.4 Å². The molecule has 0 bridgehead atoms. The van der Waals surface area contributed by atoms with Crippen molar-refractivity contribution in [2.75, 3.05) is 17.7 Å². The molecule has 1 heterocycles. The summed E-state index contributed by atoms with van der Waals surface area (Å²) in [6.45, 7) is 0. The molecule has 30 heavy (non-hydrogen) atoms. The van der Waals surface area contributed by atoms with Crippen LogP contribution in [0.5, 0.6) is 5.75 Å². The summed E-state index contributed by atoms with van der Waals surface area (Å²) in [5, 5.41) is 6.45. The Balaban J connectivity index is 1.72. The van der Waals surface area contributed by atoms with Crippen LogP contribution in [-0.2, 0) is 0 Å². The Morgan fingerprint density at radius 2 is 1.57 bits per heavy atom. The number of anilines is 2. The molecule has 0 aliphatic heterocycles. The van der Waals surface area contributed by atoms with Crippen molar-refractivity contribution >= 4 is 45.8 Å². The van der Waals surface area contributed by atoms with Crippen LogP contribution in [0.25, 0.3) is 11.0 Å². The quantitative estimate of drug-likeness (QED) is 0.440. The van der Waals surface area contributed by atoms with Gasteiger partial charge in [0.05, 0.1) is 23.4 Å². The Labute approximate surface area is 177 Å². The topological polar surface area (TPSA) is 80.6 Å². The largest absolute Gasteiger partial charge is 0.495 e. The molecule has 6 nitrogen and oxygen atoms in total. The van der Waals surface area contributed by atoms with E-state index in [1.54, 1.807) is 72.8 Å². The number of halogens is 1. The summed E-state index contributed by atoms with van der Waals surface area (Å²) in [6, 6.07) is 20.8. The number of ether oxygens (including phenoxy) is 1. The van der Waals surface area contributed by atoms with Crippen LogP contribution in [0.2, 0.25) is 5.02 Å². The van der Waals surface area contributed by atoms with E-state index in [2.05, 4.69) is 10.6 Å². The van der Waals surface area contributed by atoms with Crippen molar-refractivity contribution in [2.45, 2.75) is 0 Å². The molecular formula is C23H17ClN2O4. The lowest BCUT2D eigenvalue weighted by molar-refractivity contribution is 0.0999. The molecule has 0 aliphatic carbocycles. The summed E-state index contributed by atoms with van der Waals surface area (Å²) >= 11 is 6.14. The van der Waals surface area contributed by atoms with E-state index in [0.717, 1.165) is 0 Å². The number of methoxy groups -OCH3 is 1. The van der Waals surface area contributed by atoms with Gasteiger partial charge >= 0.3 is 0 Å². The number of rotatable bonds is 5. The Morgan fingerprint density at radius 3 is 2.37 bits per heavy atom. The van der Waals surface area contributed by atoms with Gasteiger partial charge < -0.3 is 19.8 Å². The molecule has 7 heteroatoms. The zero-order valence-corrected chi connectivity index (χ0v) is 16.7. The average molecular weight is 421 g/mol. The second-order valence-corrected chi connectivity index (χ2v) is 6.80. The Bertz CT molecular complexity index is 1250. The van der Waals surface area contributed by atoms with Gasteiger partial charge in [0.2, 0.25) is 5.76 Å². The molecule has 1 aromatic heterocycles. The SMILES string of the molecule is COc1ccccc1NC(=O)c1oc2ccccc2c1NC(=O)c1ccccc1Cl. The number of carbonyl (C=O) groups is 2. The molecule has 0 saturated carbocycles. The van der Waals surface area contributed by atoms with Gasteiger partial charge in [0, 0.05) is 5.39 Å². The van der Waals surface area contributed by atoms with Gasteiger partial charge in [-0.25, -0.2) is 0 Å². The highest BCUT2D eigenvalue weighted by atomic mass is 35.5. The van der Waals surface area contributed by atoms with Crippen LogP contribution in [0.15, 0.2) is 77.2 Å². The number of benzene rings is 3. The predicted molar refractivity (Wildman–Crippen MR) is 117 cm³/mol. The third-order valence-corrected chi connectivity index (χ3v) is 4.84. The van der Waals surface area contributed by atoms with Crippen molar-refractivity contribution in [3.05, 3.63) is 89.1 Å². The van der Waals surface area contributed by atoms with Crippen molar-refractivity contribution in [2.24, 2.45) is 0 Å². The molecule has 0 aliphatic rings. The molecule has 2 N–H and O–H groups in total. The van der Waals surface area contributed by atoms with Gasteiger partial charge in [-0.3, -0.25) is 9.59 Å². The number of para-hydroxylation sites is 3. The standard InChI is InChI=1S/C23H17ClN2O4/c1-29-19-13-7-5-11-17(19)25-23(28)21-20(15-9-3-6-12-18(15)30-21)26-22(27)14-8-2-4-10-16(14)24/h2-13H,1H3,(H,25,28)(H,26,27). The number of amides is 2. The van der Waals surface area contributed by atoms with E-state index in [4.69, 9.17) is 20.8 Å². The van der Waals surface area contributed by atoms with E-state index in [-0.39, 0.29) is 11.4 Å². The lowest BCUT2D eigenvalue weighted by atomic mass is 10.1. The summed E-state index contributed by atoms with van der Waals surface area (Å²) in [7, 11) is 1.52. The lowest BCUT2D eigenvalue weighted by Gasteiger charge is -2.10. The fourth-order valence-electron chi connectivity index (χ4n) is 3.08. The van der Waals surface area contributed by atoms with E-state index < -0.39 is 11.8 Å². The second kappa shape index (κ2) is 8.31. The minimum Gasteiger partial charge on any atom is -0.495 e. The Morgan fingerprint density at radius 1 is 0.867 bits per heavy atom. The second-order valence-electron chi connectivity index (χ2n) is 6.39. The van der Waals surface area contributed by atoms with E-state index in [1.807, 2.05) is 0 Å². The summed E-state index contributed by atoms with van der Waals surface area (Å²) in [5.41, 5.74) is 1.51. The van der Waals surface area contributed by atoms with Gasteiger partial charge in [0.25, 0.3) is 11.8 Å². The van der Waals surface area contributed by atoms with Gasteiger partial charge in [0.1, 0.15) is 17.0 Å². The van der Waals surface area contributed by atoms with Gasteiger partial charge in [0.15, 0.2) is 0 Å². The van der Waals surface area contributed by atoms with Crippen LogP contribution in [0.1, 0.15) is 20.9 Å². The van der Waals surface area contributed by atoms with Crippen molar-refractivity contribution in [1.29, 1.82) is 0 Å². The minimum atomic E-state index is -0.523. The molecule has 0 radical (unpaired) electrons. The van der Waals surface area contributed by atoms with Crippen molar-refractivity contribution in [3.8, 4) is 5.75 Å². The fourth-order valence-corrected chi connectivity index (χ4v) is 3.30. The highest BCUT2D eigenvalue weighted by Gasteiger charge is 2.24. The first kappa shape index (κ1) is 19.5. The van der Waals surface area contributed by atoms with Crippen LogP contribution < -0.4 is 15.4 Å². The monoisotopic (exact) mass is 420 g/mol. The van der Waals surface area contributed by atoms with E-state index in [0.29, 0.717) is 33.0 Å². The fraction of sp³-hybridized carbons (Fsp3) is 0.0435. The summed E-state index contributed by atoms with van der Waals surface area (Å²) < 4.78 is 11.1. The van der Waals surface area contributed by atoms with E-state index in [1.165, 1.54) is 7.11 Å². The average Bonchev–Trinajstić information content (AvgIpc) is 3.13. The van der Waals surface area contributed by atoms with E-state index >= 15 is 0 Å². The van der Waals surface area contributed by atoms with E-state index in [9.17, 15) is 9.59 Å². The van der Waals surface area contributed by atoms with Crippen molar-refractivity contribution < 1.29 is 18.7 Å². The maximum Gasteiger partial charge on any atom is 0.293 e. The van der Waals surface area contributed by atoms with Crippen molar-refractivity contribution in [3.63, 3.8) is 0 Å². The van der Waals surface area contributed by atoms with Crippen LogP contribution in [0.3, 0.4) is 0 Å². The zero-order valence-electron chi connectivity index (χ0n) is 15.9. The zero-order chi connectivity index (χ0) is 21.1. The number of nitrogens with one attached hydrogen (secondary N) is 2. The summed E-state index contributed by atoms with van der Waals surface area (Å²) in [6.07, 6.45) is 0. The molecule has 0 fully saturated rings. The molecule has 4 aromatic rings. The van der Waals surface area contributed by atoms with Gasteiger partial charge in [-0.15, -0.1) is 0 Å². The predicted octanol–water partition coefficient (Wildman–Crippen LogP) is 5.60. The maximum atomic E-state index is 13.0. The smallest absolute Gasteiger partial charge is 0.293 e. The molecule has 4 rings (SSSR count). The summed E-state index contributed by atoms with van der Waals surface area (Å²) in [4.78, 5) is 25.8. The number of fused-ring (bicyclic) bond motifs is 1. The third-order valence-electron chi connectivity index (χ3n) is 4.51. The number of furan rings is 1. The first-order valence-electron chi connectivity index (χ1n) is 9.10. The third kappa shape index (κ3) is 3.73. The first-order valence-corrected chi connectivity index (χ1v) is 9.48. The maximum absolute atomic E-state index is 13.0. The molecule has 2 amide bonds. The first-order chi connectivity index (χ1) is 14.6. The van der Waals surface area contributed by atoms with Gasteiger partial charge in [-0.05, 0) is 36.4 Å². The summed E-state index contributed by atoms with van der Waals surface area (Å²) in [5.74, 6) is -0.491. The molecular weight excluding hydrogens is 404 g/mol. The molecule has 0 unspecified atom stereocenters. The lowest BCUT2D eigenvalue weighted by Crippen LogP contribution is -2.17. The Kier molecular flexibility index (Phi) is 5.41. The minimum absolute atomic E-state index is 0.0255. The molecule has 0 saturated heterocycles. The molecule has 150 valence electrons. The molecule has 0 spiro atoms. The normalized spacial score (nSPS) is 10.6. The highest BCUT2D eigenvalue weighted by Crippen LogP contribution is 2.33. The van der Waals surface area contributed by atoms with Gasteiger partial charge in [-0.2, -0.15) is 0 Å².